The van der Waals surface area contributed by atoms with E-state index in [0.29, 0.717) is 17.2 Å². The molecule has 0 bridgehead atoms. The van der Waals surface area contributed by atoms with E-state index in [-0.39, 0.29) is 17.0 Å². The number of benzene rings is 1. The summed E-state index contributed by atoms with van der Waals surface area (Å²) in [4.78, 5) is 44.8. The van der Waals surface area contributed by atoms with Gasteiger partial charge in [-0.25, -0.2) is 9.78 Å². The molecule has 7 heteroatoms. The number of hydroxylamine groups is 2. The zero-order chi connectivity index (χ0) is 15.7. The highest BCUT2D eigenvalue weighted by Crippen LogP contribution is 2.23. The molecule has 3 rings (SSSR count). The van der Waals surface area contributed by atoms with E-state index < -0.39 is 17.8 Å². The molecule has 0 unspecified atom stereocenters. The lowest BCUT2D eigenvalue weighted by atomic mass is 10.1. The number of fused-ring (bicyclic) bond motifs is 1. The summed E-state index contributed by atoms with van der Waals surface area (Å²) < 4.78 is 5.00. The molecule has 0 fully saturated rings. The molecule has 0 radical (unpaired) electrons. The molecule has 1 aliphatic heterocycles. The van der Waals surface area contributed by atoms with Gasteiger partial charge in [0.25, 0.3) is 11.8 Å². The number of oxazole rings is 1. The first-order valence-corrected chi connectivity index (χ1v) is 6.76. The van der Waals surface area contributed by atoms with Crippen LogP contribution in [0.4, 0.5) is 0 Å². The Hall–Kier alpha value is -2.96. The minimum absolute atomic E-state index is 0.194. The van der Waals surface area contributed by atoms with Gasteiger partial charge in [-0.2, -0.15) is 0 Å². The van der Waals surface area contributed by atoms with Crippen LogP contribution in [0.25, 0.3) is 0 Å². The van der Waals surface area contributed by atoms with Gasteiger partial charge in [-0.05, 0) is 18.6 Å². The van der Waals surface area contributed by atoms with Crippen molar-refractivity contribution in [2.45, 2.75) is 19.8 Å². The van der Waals surface area contributed by atoms with Crippen LogP contribution in [0.2, 0.25) is 0 Å². The Labute approximate surface area is 125 Å². The van der Waals surface area contributed by atoms with Crippen LogP contribution in [0, 0.1) is 0 Å². The van der Waals surface area contributed by atoms with Crippen molar-refractivity contribution in [3.63, 3.8) is 0 Å². The lowest BCUT2D eigenvalue weighted by Gasteiger charge is -2.10. The van der Waals surface area contributed by atoms with Crippen molar-refractivity contribution in [2.75, 3.05) is 0 Å². The third kappa shape index (κ3) is 2.26. The Kier molecular flexibility index (Phi) is 3.46. The molecule has 0 aliphatic carbocycles. The van der Waals surface area contributed by atoms with Crippen LogP contribution in [0.3, 0.4) is 0 Å². The van der Waals surface area contributed by atoms with E-state index in [1.165, 1.54) is 18.4 Å². The number of aromatic nitrogens is 1. The maximum Gasteiger partial charge on any atom is 0.419 e. The molecular weight excluding hydrogens is 288 g/mol. The molecule has 22 heavy (non-hydrogen) atoms. The molecule has 7 nitrogen and oxygen atoms in total. The second-order valence-electron chi connectivity index (χ2n) is 4.72. The van der Waals surface area contributed by atoms with Gasteiger partial charge in [0.15, 0.2) is 0 Å². The van der Waals surface area contributed by atoms with Crippen LogP contribution in [0.15, 0.2) is 34.9 Å². The number of rotatable bonds is 4. The summed E-state index contributed by atoms with van der Waals surface area (Å²) in [6.07, 6.45) is 2.85. The largest absolute Gasteiger partial charge is 0.439 e. The van der Waals surface area contributed by atoms with E-state index >= 15 is 0 Å². The van der Waals surface area contributed by atoms with Crippen LogP contribution < -0.4 is 0 Å². The van der Waals surface area contributed by atoms with Gasteiger partial charge in [-0.15, -0.1) is 0 Å². The molecular formula is C15H12N2O5. The molecule has 0 atom stereocenters. The number of hydrogen-bond donors (Lipinski definition) is 0. The second-order valence-corrected chi connectivity index (χ2v) is 4.72. The summed E-state index contributed by atoms with van der Waals surface area (Å²) in [5, 5.41) is 0.427. The summed E-state index contributed by atoms with van der Waals surface area (Å²) >= 11 is 0. The zero-order valence-electron chi connectivity index (χ0n) is 11.7. The monoisotopic (exact) mass is 300 g/mol. The number of hydrogen-bond acceptors (Lipinski definition) is 6. The van der Waals surface area contributed by atoms with Crippen LogP contribution in [-0.4, -0.2) is 27.8 Å². The van der Waals surface area contributed by atoms with Gasteiger partial charge in [0.1, 0.15) is 6.26 Å². The second kappa shape index (κ2) is 5.44. The molecule has 0 saturated heterocycles. The van der Waals surface area contributed by atoms with Crippen molar-refractivity contribution >= 4 is 17.8 Å². The summed E-state index contributed by atoms with van der Waals surface area (Å²) in [6.45, 7) is 1.96. The number of carbonyl (C=O) groups excluding carboxylic acids is 3. The van der Waals surface area contributed by atoms with Crippen molar-refractivity contribution in [1.82, 2.24) is 10.0 Å². The van der Waals surface area contributed by atoms with Crippen LogP contribution in [0.5, 0.6) is 0 Å². The predicted molar refractivity (Wildman–Crippen MR) is 72.9 cm³/mol. The Balaban J connectivity index is 1.77. The molecule has 2 heterocycles. The average molecular weight is 300 g/mol. The smallest absolute Gasteiger partial charge is 0.419 e. The molecule has 2 aromatic rings. The minimum Gasteiger partial charge on any atom is -0.439 e. The molecule has 1 aromatic carbocycles. The molecule has 0 N–H and O–H groups in total. The first-order chi connectivity index (χ1) is 10.6. The Bertz CT molecular complexity index is 730. The molecule has 0 spiro atoms. The summed E-state index contributed by atoms with van der Waals surface area (Å²) in [5.41, 5.74) is 0.996. The third-order valence-electron chi connectivity index (χ3n) is 3.16. The van der Waals surface area contributed by atoms with E-state index in [9.17, 15) is 14.4 Å². The highest BCUT2D eigenvalue weighted by molar-refractivity contribution is 6.21. The maximum atomic E-state index is 12.1. The molecule has 0 saturated carbocycles. The van der Waals surface area contributed by atoms with E-state index in [0.717, 1.165) is 6.42 Å². The lowest BCUT2D eigenvalue weighted by molar-refractivity contribution is -0.0608. The van der Waals surface area contributed by atoms with Crippen molar-refractivity contribution in [3.8, 4) is 0 Å². The van der Waals surface area contributed by atoms with Crippen molar-refractivity contribution < 1.29 is 23.6 Å². The summed E-state index contributed by atoms with van der Waals surface area (Å²) in [6, 6.07) is 6.24. The van der Waals surface area contributed by atoms with Gasteiger partial charge in [0.05, 0.1) is 16.8 Å². The van der Waals surface area contributed by atoms with Gasteiger partial charge in [-0.1, -0.05) is 30.5 Å². The van der Waals surface area contributed by atoms with Gasteiger partial charge in [0, 0.05) is 0 Å². The molecule has 1 aromatic heterocycles. The lowest BCUT2D eigenvalue weighted by Crippen LogP contribution is -2.32. The van der Waals surface area contributed by atoms with Gasteiger partial charge in [-0.3, -0.25) is 9.59 Å². The number of imide groups is 1. The van der Waals surface area contributed by atoms with E-state index in [2.05, 4.69) is 4.98 Å². The van der Waals surface area contributed by atoms with Crippen LogP contribution >= 0.6 is 0 Å². The summed E-state index contributed by atoms with van der Waals surface area (Å²) in [7, 11) is 0. The SMILES string of the molecule is CCCc1coc(C(=O)ON2C(=O)c3ccccc3C2=O)n1. The number of aryl methyl sites for hydroxylation is 1. The van der Waals surface area contributed by atoms with Gasteiger partial charge < -0.3 is 9.25 Å². The number of carbonyl (C=O) groups is 3. The summed E-state index contributed by atoms with van der Waals surface area (Å²) in [5.74, 6) is -2.65. The zero-order valence-corrected chi connectivity index (χ0v) is 11.7. The van der Waals surface area contributed by atoms with Gasteiger partial charge in [0.2, 0.25) is 0 Å². The molecule has 112 valence electrons. The first-order valence-electron chi connectivity index (χ1n) is 6.76. The maximum absolute atomic E-state index is 12.1. The highest BCUT2D eigenvalue weighted by atomic mass is 16.7. The topological polar surface area (TPSA) is 89.7 Å². The first kappa shape index (κ1) is 14.0. The minimum atomic E-state index is -0.989. The predicted octanol–water partition coefficient (Wildman–Crippen LogP) is 2.00. The van der Waals surface area contributed by atoms with E-state index in [4.69, 9.17) is 9.25 Å². The number of amides is 2. The van der Waals surface area contributed by atoms with Crippen molar-refractivity contribution in [2.24, 2.45) is 0 Å². The average Bonchev–Trinajstić information content (AvgIpc) is 3.08. The van der Waals surface area contributed by atoms with Crippen LogP contribution in [0.1, 0.15) is 50.4 Å². The Morgan fingerprint density at radius 3 is 2.45 bits per heavy atom. The van der Waals surface area contributed by atoms with E-state index in [1.807, 2.05) is 6.92 Å². The Morgan fingerprint density at radius 1 is 1.23 bits per heavy atom. The normalized spacial score (nSPS) is 13.4. The Morgan fingerprint density at radius 2 is 1.86 bits per heavy atom. The molecule has 2 amide bonds. The quantitative estimate of drug-likeness (QED) is 0.802. The fraction of sp³-hybridized carbons (Fsp3) is 0.200. The third-order valence-corrected chi connectivity index (χ3v) is 3.16. The number of nitrogens with zero attached hydrogens (tertiary/aromatic N) is 2. The molecule has 1 aliphatic rings. The highest BCUT2D eigenvalue weighted by Gasteiger charge is 2.39. The van der Waals surface area contributed by atoms with Gasteiger partial charge >= 0.3 is 11.9 Å². The standard InChI is InChI=1S/C15H12N2O5/c1-2-5-9-8-21-12(16-9)15(20)22-17-13(18)10-6-3-4-7-11(10)14(17)19/h3-4,6-8H,2,5H2,1H3. The fourth-order valence-electron chi connectivity index (χ4n) is 2.14. The van der Waals surface area contributed by atoms with Crippen molar-refractivity contribution in [3.05, 3.63) is 53.2 Å². The van der Waals surface area contributed by atoms with E-state index in [1.54, 1.807) is 12.1 Å². The van der Waals surface area contributed by atoms with Crippen molar-refractivity contribution in [1.29, 1.82) is 0 Å². The van der Waals surface area contributed by atoms with Crippen LogP contribution in [-0.2, 0) is 11.3 Å². The fourth-order valence-corrected chi connectivity index (χ4v) is 2.14.